The molecule has 1 unspecified atom stereocenters. The summed E-state index contributed by atoms with van der Waals surface area (Å²) < 4.78 is 22.6. The molecule has 1 atom stereocenters. The number of rotatable bonds is 2. The highest BCUT2D eigenvalue weighted by atomic mass is 32.2. The molecule has 0 amide bonds. The Labute approximate surface area is 95.2 Å². The minimum atomic E-state index is -3.25. The molecule has 1 aromatic carbocycles. The number of nitrogens with one attached hydrogen (secondary N) is 1. The third kappa shape index (κ3) is 2.20. The smallest absolute Gasteiger partial charge is 0.175 e. The molecule has 0 saturated carbocycles. The van der Waals surface area contributed by atoms with E-state index in [1.807, 2.05) is 0 Å². The Morgan fingerprint density at radius 2 is 2.19 bits per heavy atom. The van der Waals surface area contributed by atoms with Crippen LogP contribution in [0.1, 0.15) is 24.4 Å². The highest BCUT2D eigenvalue weighted by Crippen LogP contribution is 2.31. The summed E-state index contributed by atoms with van der Waals surface area (Å²) in [6.45, 7) is 0.942. The molecule has 1 aliphatic heterocycles. The van der Waals surface area contributed by atoms with Crippen LogP contribution in [0.3, 0.4) is 0 Å². The number of benzene rings is 1. The molecular weight excluding hydrogens is 226 g/mol. The Morgan fingerprint density at radius 1 is 1.44 bits per heavy atom. The van der Waals surface area contributed by atoms with Crippen LogP contribution in [-0.2, 0) is 9.84 Å². The zero-order chi connectivity index (χ0) is 11.8. The molecule has 5 heteroatoms. The van der Waals surface area contributed by atoms with Crippen LogP contribution in [-0.4, -0.2) is 26.3 Å². The first-order chi connectivity index (χ1) is 7.48. The topological polar surface area (TPSA) is 66.4 Å². The van der Waals surface area contributed by atoms with E-state index in [2.05, 4.69) is 5.32 Å². The molecule has 4 nitrogen and oxygen atoms in total. The van der Waals surface area contributed by atoms with Crippen LogP contribution in [0.4, 0.5) is 0 Å². The van der Waals surface area contributed by atoms with Crippen LogP contribution in [0.15, 0.2) is 23.1 Å². The van der Waals surface area contributed by atoms with Gasteiger partial charge in [-0.15, -0.1) is 0 Å². The first kappa shape index (κ1) is 11.4. The second-order valence-corrected chi connectivity index (χ2v) is 6.16. The molecule has 1 fully saturated rings. The van der Waals surface area contributed by atoms with Gasteiger partial charge in [0.05, 0.1) is 4.90 Å². The van der Waals surface area contributed by atoms with Crippen molar-refractivity contribution in [3.8, 4) is 5.75 Å². The molecule has 0 spiro atoms. The molecular formula is C11H15NO3S. The molecule has 1 heterocycles. The number of hydrogen-bond acceptors (Lipinski definition) is 4. The zero-order valence-electron chi connectivity index (χ0n) is 9.10. The molecule has 0 radical (unpaired) electrons. The molecule has 1 aromatic rings. The fourth-order valence-electron chi connectivity index (χ4n) is 2.00. The maximum absolute atomic E-state index is 11.3. The largest absolute Gasteiger partial charge is 0.508 e. The van der Waals surface area contributed by atoms with Gasteiger partial charge in [0.1, 0.15) is 5.75 Å². The first-order valence-electron chi connectivity index (χ1n) is 5.25. The quantitative estimate of drug-likeness (QED) is 0.817. The standard InChI is InChI=1S/C11H15NO3S/c1-16(14,15)8-4-5-9(11(13)7-8)10-3-2-6-12-10/h4-5,7,10,12-13H,2-3,6H2,1H3. The predicted molar refractivity (Wildman–Crippen MR) is 61.2 cm³/mol. The lowest BCUT2D eigenvalue weighted by Gasteiger charge is -2.13. The van der Waals surface area contributed by atoms with Gasteiger partial charge in [-0.2, -0.15) is 0 Å². The highest BCUT2D eigenvalue weighted by Gasteiger charge is 2.20. The minimum Gasteiger partial charge on any atom is -0.508 e. The van der Waals surface area contributed by atoms with E-state index in [-0.39, 0.29) is 16.7 Å². The lowest BCUT2D eigenvalue weighted by Crippen LogP contribution is -2.13. The van der Waals surface area contributed by atoms with Gasteiger partial charge in [0.25, 0.3) is 0 Å². The van der Waals surface area contributed by atoms with E-state index in [0.29, 0.717) is 0 Å². The van der Waals surface area contributed by atoms with Gasteiger partial charge in [0, 0.05) is 17.9 Å². The van der Waals surface area contributed by atoms with Gasteiger partial charge in [-0.05, 0) is 31.5 Å². The normalized spacial score (nSPS) is 21.2. The number of phenols is 1. The average Bonchev–Trinajstić information content (AvgIpc) is 2.69. The Bertz CT molecular complexity index is 490. The van der Waals surface area contributed by atoms with Gasteiger partial charge >= 0.3 is 0 Å². The van der Waals surface area contributed by atoms with Crippen LogP contribution in [0.25, 0.3) is 0 Å². The van der Waals surface area contributed by atoms with Crippen molar-refractivity contribution in [3.63, 3.8) is 0 Å². The van der Waals surface area contributed by atoms with E-state index >= 15 is 0 Å². The van der Waals surface area contributed by atoms with Crippen molar-refractivity contribution in [2.75, 3.05) is 12.8 Å². The Hall–Kier alpha value is -1.07. The van der Waals surface area contributed by atoms with Gasteiger partial charge in [-0.25, -0.2) is 8.42 Å². The van der Waals surface area contributed by atoms with Gasteiger partial charge in [-0.1, -0.05) is 6.07 Å². The fraction of sp³-hybridized carbons (Fsp3) is 0.455. The Kier molecular flexibility index (Phi) is 2.90. The zero-order valence-corrected chi connectivity index (χ0v) is 9.92. The third-order valence-corrected chi connectivity index (χ3v) is 3.98. The molecule has 1 aliphatic rings. The van der Waals surface area contributed by atoms with E-state index in [4.69, 9.17) is 0 Å². The summed E-state index contributed by atoms with van der Waals surface area (Å²) in [5.74, 6) is 0.0577. The van der Waals surface area contributed by atoms with Crippen LogP contribution in [0, 0.1) is 0 Å². The van der Waals surface area contributed by atoms with Gasteiger partial charge in [-0.3, -0.25) is 0 Å². The van der Waals surface area contributed by atoms with Gasteiger partial charge in [0.15, 0.2) is 9.84 Å². The van der Waals surface area contributed by atoms with E-state index in [1.165, 1.54) is 6.07 Å². The van der Waals surface area contributed by atoms with Crippen molar-refractivity contribution in [1.29, 1.82) is 0 Å². The maximum Gasteiger partial charge on any atom is 0.175 e. The SMILES string of the molecule is CS(=O)(=O)c1ccc(C2CCCN2)c(O)c1. The summed E-state index contributed by atoms with van der Waals surface area (Å²) in [5, 5.41) is 13.1. The molecule has 1 saturated heterocycles. The van der Waals surface area contributed by atoms with Crippen LogP contribution < -0.4 is 5.32 Å². The molecule has 88 valence electrons. The highest BCUT2D eigenvalue weighted by molar-refractivity contribution is 7.90. The predicted octanol–water partition coefficient (Wildman–Crippen LogP) is 1.22. The molecule has 0 aromatic heterocycles. The third-order valence-electron chi connectivity index (χ3n) is 2.87. The van der Waals surface area contributed by atoms with Gasteiger partial charge in [0.2, 0.25) is 0 Å². The lowest BCUT2D eigenvalue weighted by molar-refractivity contribution is 0.455. The van der Waals surface area contributed by atoms with E-state index in [0.717, 1.165) is 31.2 Å². The van der Waals surface area contributed by atoms with Gasteiger partial charge < -0.3 is 10.4 Å². The van der Waals surface area contributed by atoms with Crippen molar-refractivity contribution in [2.45, 2.75) is 23.8 Å². The fourth-order valence-corrected chi connectivity index (χ4v) is 2.64. The number of sulfone groups is 1. The summed E-state index contributed by atoms with van der Waals surface area (Å²) in [7, 11) is -3.25. The lowest BCUT2D eigenvalue weighted by atomic mass is 10.0. The van der Waals surface area contributed by atoms with E-state index in [9.17, 15) is 13.5 Å². The number of phenolic OH excluding ortho intramolecular Hbond substituents is 1. The van der Waals surface area contributed by atoms with Crippen molar-refractivity contribution in [1.82, 2.24) is 5.32 Å². The summed E-state index contributed by atoms with van der Waals surface area (Å²) in [5.41, 5.74) is 0.782. The van der Waals surface area contributed by atoms with Crippen molar-refractivity contribution in [3.05, 3.63) is 23.8 Å². The second kappa shape index (κ2) is 4.07. The van der Waals surface area contributed by atoms with Crippen molar-refractivity contribution < 1.29 is 13.5 Å². The summed E-state index contributed by atoms with van der Waals surface area (Å²) >= 11 is 0. The minimum absolute atomic E-state index is 0.0577. The number of hydrogen-bond donors (Lipinski definition) is 2. The molecule has 16 heavy (non-hydrogen) atoms. The van der Waals surface area contributed by atoms with Crippen molar-refractivity contribution in [2.24, 2.45) is 0 Å². The van der Waals surface area contributed by atoms with E-state index < -0.39 is 9.84 Å². The second-order valence-electron chi connectivity index (χ2n) is 4.14. The molecule has 2 rings (SSSR count). The Morgan fingerprint density at radius 3 is 2.69 bits per heavy atom. The molecule has 0 aliphatic carbocycles. The average molecular weight is 241 g/mol. The van der Waals surface area contributed by atoms with Crippen LogP contribution in [0.2, 0.25) is 0 Å². The summed E-state index contributed by atoms with van der Waals surface area (Å²) in [4.78, 5) is 0.159. The van der Waals surface area contributed by atoms with Crippen LogP contribution >= 0.6 is 0 Å². The molecule has 2 N–H and O–H groups in total. The van der Waals surface area contributed by atoms with Crippen molar-refractivity contribution >= 4 is 9.84 Å². The van der Waals surface area contributed by atoms with E-state index in [1.54, 1.807) is 12.1 Å². The summed E-state index contributed by atoms with van der Waals surface area (Å²) in [6.07, 6.45) is 3.19. The number of aromatic hydroxyl groups is 1. The first-order valence-corrected chi connectivity index (χ1v) is 7.14. The monoisotopic (exact) mass is 241 g/mol. The van der Waals surface area contributed by atoms with Crippen LogP contribution in [0.5, 0.6) is 5.75 Å². The summed E-state index contributed by atoms with van der Waals surface area (Å²) in [6, 6.07) is 4.71. The Balaban J connectivity index is 2.37. The maximum atomic E-state index is 11.3. The molecule has 0 bridgehead atoms.